The number of aliphatic hydroxyl groups is 1. The van der Waals surface area contributed by atoms with Crippen LogP contribution in [0.5, 0.6) is 0 Å². The summed E-state index contributed by atoms with van der Waals surface area (Å²) in [6.07, 6.45) is 0. The molecule has 0 amide bonds. The summed E-state index contributed by atoms with van der Waals surface area (Å²) in [4.78, 5) is 2.05. The number of likely N-dealkylation sites (N-methyl/N-ethyl adjacent to an activating group) is 1. The second-order valence-electron chi connectivity index (χ2n) is 3.91. The lowest BCUT2D eigenvalue weighted by atomic mass is 10.3. The van der Waals surface area contributed by atoms with Crippen molar-refractivity contribution in [3.05, 3.63) is 24.3 Å². The molecule has 1 aromatic carbocycles. The van der Waals surface area contributed by atoms with Gasteiger partial charge in [-0.25, -0.2) is 8.42 Å². The molecule has 0 aliphatic heterocycles. The number of nitrogens with zero attached hydrogens (tertiary/aromatic N) is 1. The van der Waals surface area contributed by atoms with Gasteiger partial charge in [0, 0.05) is 18.8 Å². The molecule has 3 N–H and O–H groups in total. The molecule has 96 valence electrons. The van der Waals surface area contributed by atoms with E-state index < -0.39 is 9.84 Å². The van der Waals surface area contributed by atoms with Crippen LogP contribution in [0.1, 0.15) is 0 Å². The first kappa shape index (κ1) is 14.0. The molecule has 0 unspecified atom stereocenters. The Morgan fingerprint density at radius 1 is 1.24 bits per heavy atom. The molecule has 0 atom stereocenters. The summed E-state index contributed by atoms with van der Waals surface area (Å²) in [5.41, 5.74) is 6.04. The van der Waals surface area contributed by atoms with Crippen LogP contribution >= 0.6 is 0 Å². The molecule has 5 nitrogen and oxygen atoms in total. The highest BCUT2D eigenvalue weighted by atomic mass is 32.2. The molecule has 0 saturated heterocycles. The standard InChI is InChI=1S/C11H18N2O3S/c1-13(6-8-14)7-9-17(15,16)11-4-2-10(12)3-5-11/h2-5,14H,6-9,12H2,1H3. The van der Waals surface area contributed by atoms with Crippen LogP contribution in [0, 0.1) is 0 Å². The summed E-state index contributed by atoms with van der Waals surface area (Å²) < 4.78 is 23.8. The van der Waals surface area contributed by atoms with Gasteiger partial charge >= 0.3 is 0 Å². The molecule has 0 fully saturated rings. The van der Waals surface area contributed by atoms with E-state index in [1.165, 1.54) is 12.1 Å². The molecule has 0 saturated carbocycles. The molecule has 17 heavy (non-hydrogen) atoms. The first-order chi connectivity index (χ1) is 7.95. The quantitative estimate of drug-likeness (QED) is 0.700. The Morgan fingerprint density at radius 2 is 1.82 bits per heavy atom. The minimum Gasteiger partial charge on any atom is -0.399 e. The lowest BCUT2D eigenvalue weighted by Crippen LogP contribution is -2.28. The average molecular weight is 258 g/mol. The number of hydrogen-bond acceptors (Lipinski definition) is 5. The summed E-state index contributed by atoms with van der Waals surface area (Å²) in [6, 6.07) is 6.17. The van der Waals surface area contributed by atoms with Crippen molar-refractivity contribution in [3.8, 4) is 0 Å². The van der Waals surface area contributed by atoms with E-state index in [2.05, 4.69) is 0 Å². The van der Waals surface area contributed by atoms with E-state index in [0.29, 0.717) is 18.8 Å². The summed E-state index contributed by atoms with van der Waals surface area (Å²) >= 11 is 0. The summed E-state index contributed by atoms with van der Waals surface area (Å²) in [7, 11) is -1.50. The number of anilines is 1. The molecule has 1 aromatic rings. The fourth-order valence-corrected chi connectivity index (χ4v) is 2.69. The molecule has 1 rings (SSSR count). The van der Waals surface area contributed by atoms with Crippen molar-refractivity contribution in [1.82, 2.24) is 4.90 Å². The zero-order valence-electron chi connectivity index (χ0n) is 9.83. The number of aliphatic hydroxyl groups excluding tert-OH is 1. The highest BCUT2D eigenvalue weighted by molar-refractivity contribution is 7.91. The Morgan fingerprint density at radius 3 is 2.35 bits per heavy atom. The SMILES string of the molecule is CN(CCO)CCS(=O)(=O)c1ccc(N)cc1. The lowest BCUT2D eigenvalue weighted by molar-refractivity contribution is 0.227. The fourth-order valence-electron chi connectivity index (χ4n) is 1.35. The van der Waals surface area contributed by atoms with Crippen LogP contribution in [-0.4, -0.2) is 50.9 Å². The molecular weight excluding hydrogens is 240 g/mol. The van der Waals surface area contributed by atoms with Gasteiger partial charge < -0.3 is 15.7 Å². The third-order valence-corrected chi connectivity index (χ3v) is 4.17. The van der Waals surface area contributed by atoms with E-state index in [9.17, 15) is 8.42 Å². The maximum absolute atomic E-state index is 11.9. The van der Waals surface area contributed by atoms with Crippen LogP contribution in [0.3, 0.4) is 0 Å². The molecule has 0 aliphatic rings. The third-order valence-electron chi connectivity index (χ3n) is 2.46. The highest BCUT2D eigenvalue weighted by Crippen LogP contribution is 2.13. The normalized spacial score (nSPS) is 11.9. The zero-order valence-corrected chi connectivity index (χ0v) is 10.7. The monoisotopic (exact) mass is 258 g/mol. The maximum Gasteiger partial charge on any atom is 0.179 e. The van der Waals surface area contributed by atoms with Crippen molar-refractivity contribution in [1.29, 1.82) is 0 Å². The highest BCUT2D eigenvalue weighted by Gasteiger charge is 2.14. The largest absolute Gasteiger partial charge is 0.399 e. The van der Waals surface area contributed by atoms with Crippen molar-refractivity contribution in [2.45, 2.75) is 4.90 Å². The van der Waals surface area contributed by atoms with E-state index in [0.717, 1.165) is 0 Å². The molecule has 0 aromatic heterocycles. The van der Waals surface area contributed by atoms with Crippen molar-refractivity contribution >= 4 is 15.5 Å². The first-order valence-electron chi connectivity index (χ1n) is 5.33. The number of sulfone groups is 1. The number of nitrogens with two attached hydrogens (primary N) is 1. The molecule has 0 heterocycles. The minimum atomic E-state index is -3.27. The Bertz CT molecular complexity index is 442. The van der Waals surface area contributed by atoms with E-state index >= 15 is 0 Å². The van der Waals surface area contributed by atoms with Crippen molar-refractivity contribution in [3.63, 3.8) is 0 Å². The first-order valence-corrected chi connectivity index (χ1v) is 6.98. The van der Waals surface area contributed by atoms with E-state index in [-0.39, 0.29) is 17.3 Å². The number of hydrogen-bond donors (Lipinski definition) is 2. The molecule has 0 radical (unpaired) electrons. The summed E-state index contributed by atoms with van der Waals surface area (Å²) in [6.45, 7) is 0.892. The van der Waals surface area contributed by atoms with Crippen molar-refractivity contribution < 1.29 is 13.5 Å². The predicted octanol–water partition coefficient (Wildman–Crippen LogP) is -0.0334. The van der Waals surface area contributed by atoms with E-state index in [1.807, 2.05) is 0 Å². The van der Waals surface area contributed by atoms with Crippen LogP contribution in [0.2, 0.25) is 0 Å². The third kappa shape index (κ3) is 4.33. The topological polar surface area (TPSA) is 83.6 Å². The molecule has 6 heteroatoms. The van der Waals surface area contributed by atoms with Crippen molar-refractivity contribution in [2.24, 2.45) is 0 Å². The molecule has 0 bridgehead atoms. The second-order valence-corrected chi connectivity index (χ2v) is 6.02. The van der Waals surface area contributed by atoms with Crippen LogP contribution < -0.4 is 5.73 Å². The molecule has 0 spiro atoms. The number of nitrogen functional groups attached to an aromatic ring is 1. The van der Waals surface area contributed by atoms with Gasteiger partial charge in [0.25, 0.3) is 0 Å². The van der Waals surface area contributed by atoms with Gasteiger partial charge in [0.15, 0.2) is 9.84 Å². The van der Waals surface area contributed by atoms with Gasteiger partial charge in [0.05, 0.1) is 17.3 Å². The Balaban J connectivity index is 2.66. The average Bonchev–Trinajstić information content (AvgIpc) is 2.28. The van der Waals surface area contributed by atoms with Crippen LogP contribution in [0.25, 0.3) is 0 Å². The second kappa shape index (κ2) is 6.00. The maximum atomic E-state index is 11.9. The fraction of sp³-hybridized carbons (Fsp3) is 0.455. The van der Waals surface area contributed by atoms with Gasteiger partial charge in [-0.05, 0) is 31.3 Å². The predicted molar refractivity (Wildman–Crippen MR) is 67.5 cm³/mol. The Labute approximate surface area is 102 Å². The van der Waals surface area contributed by atoms with Gasteiger partial charge in [-0.3, -0.25) is 0 Å². The van der Waals surface area contributed by atoms with E-state index in [4.69, 9.17) is 10.8 Å². The Hall–Kier alpha value is -1.11. The number of rotatable bonds is 6. The Kier molecular flexibility index (Phi) is 4.92. The van der Waals surface area contributed by atoms with Gasteiger partial charge in [0.1, 0.15) is 0 Å². The van der Waals surface area contributed by atoms with Gasteiger partial charge in [-0.15, -0.1) is 0 Å². The summed E-state index contributed by atoms with van der Waals surface area (Å²) in [5, 5.41) is 8.71. The minimum absolute atomic E-state index is 0.0262. The van der Waals surface area contributed by atoms with E-state index in [1.54, 1.807) is 24.1 Å². The van der Waals surface area contributed by atoms with Crippen molar-refractivity contribution in [2.75, 3.05) is 38.2 Å². The van der Waals surface area contributed by atoms with Crippen LogP contribution in [0.4, 0.5) is 5.69 Å². The lowest BCUT2D eigenvalue weighted by Gasteiger charge is -2.14. The summed E-state index contributed by atoms with van der Waals surface area (Å²) in [5.74, 6) is 0.0351. The zero-order chi connectivity index (χ0) is 12.9. The van der Waals surface area contributed by atoms with Crippen LogP contribution in [0.15, 0.2) is 29.2 Å². The smallest absolute Gasteiger partial charge is 0.179 e. The van der Waals surface area contributed by atoms with Gasteiger partial charge in [-0.2, -0.15) is 0 Å². The van der Waals surface area contributed by atoms with Gasteiger partial charge in [0.2, 0.25) is 0 Å². The number of benzene rings is 1. The van der Waals surface area contributed by atoms with Crippen LogP contribution in [-0.2, 0) is 9.84 Å². The van der Waals surface area contributed by atoms with Gasteiger partial charge in [-0.1, -0.05) is 0 Å². The molecule has 0 aliphatic carbocycles. The molecular formula is C11H18N2O3S.